The number of hydrogen-bond donors (Lipinski definition) is 0. The van der Waals surface area contributed by atoms with E-state index < -0.39 is 11.0 Å². The Morgan fingerprint density at radius 1 is 1.38 bits per heavy atom. The second-order valence-corrected chi connectivity index (χ2v) is 7.41. The molecule has 0 amide bonds. The lowest BCUT2D eigenvalue weighted by molar-refractivity contribution is 0.651. The van der Waals surface area contributed by atoms with E-state index >= 15 is 0 Å². The molecule has 1 aromatic rings. The van der Waals surface area contributed by atoms with Crippen molar-refractivity contribution in [3.05, 3.63) is 33.8 Å². The molecule has 0 bridgehead atoms. The number of hydrogen-bond acceptors (Lipinski definition) is 1. The summed E-state index contributed by atoms with van der Waals surface area (Å²) < 4.78 is 16.4. The maximum atomic E-state index is 11.7. The van der Waals surface area contributed by atoms with E-state index in [4.69, 9.17) is 0 Å². The first-order valence-electron chi connectivity index (χ1n) is 5.03. The van der Waals surface area contributed by atoms with Crippen LogP contribution in [0.5, 0.6) is 0 Å². The molecule has 0 N–H and O–H groups in total. The zero-order chi connectivity index (χ0) is 12.3. The summed E-state index contributed by atoms with van der Waals surface area (Å²) in [7, 11) is -1.20. The third-order valence-corrected chi connectivity index (χ3v) is 4.00. The van der Waals surface area contributed by atoms with Crippen LogP contribution in [0.4, 0.5) is 0 Å². The molecule has 0 aliphatic carbocycles. The number of rotatable bonds is 2. The van der Waals surface area contributed by atoms with Crippen molar-refractivity contribution in [3.8, 4) is 0 Å². The zero-order valence-electron chi connectivity index (χ0n) is 9.95. The van der Waals surface area contributed by atoms with Crippen molar-refractivity contribution in [3.63, 3.8) is 0 Å². The molecule has 1 aromatic carbocycles. The largest absolute Gasteiger partial charge is 0.234 e. The third-order valence-electron chi connectivity index (χ3n) is 1.97. The molecule has 1 unspecified atom stereocenters. The summed E-state index contributed by atoms with van der Waals surface area (Å²) in [5.74, 6) is 0. The lowest BCUT2D eigenvalue weighted by Crippen LogP contribution is -2.19. The van der Waals surface area contributed by atoms with Crippen molar-refractivity contribution in [2.45, 2.75) is 32.4 Å². The van der Waals surface area contributed by atoms with Crippen LogP contribution in [-0.2, 0) is 11.0 Å². The van der Waals surface area contributed by atoms with Gasteiger partial charge in [-0.1, -0.05) is 28.1 Å². The average Bonchev–Trinajstić information content (AvgIpc) is 2.14. The van der Waals surface area contributed by atoms with Gasteiger partial charge in [-0.15, -0.1) is 0 Å². The van der Waals surface area contributed by atoms with E-state index in [-0.39, 0.29) is 4.75 Å². The van der Waals surface area contributed by atoms with Crippen LogP contribution in [0, 0.1) is 6.92 Å². The Labute approximate surface area is 108 Å². The van der Waals surface area contributed by atoms with Gasteiger partial charge >= 0.3 is 0 Å². The van der Waals surface area contributed by atoms with Crippen molar-refractivity contribution in [2.75, 3.05) is 0 Å². The van der Waals surface area contributed by atoms with Crippen LogP contribution in [0.15, 0.2) is 27.1 Å². The highest BCUT2D eigenvalue weighted by Gasteiger charge is 2.18. The van der Waals surface area contributed by atoms with Crippen LogP contribution in [0.1, 0.15) is 31.9 Å². The molecular weight excluding hydrogens is 286 g/mol. The fourth-order valence-electron chi connectivity index (χ4n) is 1.000. The molecule has 0 aliphatic heterocycles. The summed E-state index contributed by atoms with van der Waals surface area (Å²) in [4.78, 5) is 0. The predicted molar refractivity (Wildman–Crippen MR) is 74.4 cm³/mol. The molecule has 88 valence electrons. The lowest BCUT2D eigenvalue weighted by atomic mass is 10.2. The molecule has 1 atom stereocenters. The molecule has 0 heterocycles. The first kappa shape index (κ1) is 13.6. The molecule has 0 aromatic heterocycles. The minimum Gasteiger partial charge on any atom is -0.234 e. The topological polar surface area (TPSA) is 29.4 Å². The third kappa shape index (κ3) is 3.83. The zero-order valence-corrected chi connectivity index (χ0v) is 12.4. The van der Waals surface area contributed by atoms with Gasteiger partial charge in [0.1, 0.15) is 11.0 Å². The Kier molecular flexibility index (Phi) is 4.44. The van der Waals surface area contributed by atoms with Crippen LogP contribution in [-0.4, -0.2) is 15.2 Å². The molecule has 0 saturated carbocycles. The van der Waals surface area contributed by atoms with E-state index in [1.54, 1.807) is 6.21 Å². The summed E-state index contributed by atoms with van der Waals surface area (Å²) in [6, 6.07) is 5.98. The van der Waals surface area contributed by atoms with Gasteiger partial charge in [0.25, 0.3) is 0 Å². The summed E-state index contributed by atoms with van der Waals surface area (Å²) in [5.41, 5.74) is 2.13. The van der Waals surface area contributed by atoms with Gasteiger partial charge in [-0.05, 0) is 39.3 Å². The number of halogens is 1. The van der Waals surface area contributed by atoms with Crippen LogP contribution in [0.2, 0.25) is 0 Å². The summed E-state index contributed by atoms with van der Waals surface area (Å²) in [6.45, 7) is 7.75. The van der Waals surface area contributed by atoms with Crippen molar-refractivity contribution >= 4 is 33.1 Å². The molecule has 0 saturated heterocycles. The second kappa shape index (κ2) is 5.23. The van der Waals surface area contributed by atoms with Crippen molar-refractivity contribution in [1.82, 2.24) is 0 Å². The Morgan fingerprint density at radius 2 is 2.00 bits per heavy atom. The minimum absolute atomic E-state index is 0.312. The fourth-order valence-corrected chi connectivity index (χ4v) is 2.12. The fraction of sp³-hybridized carbons (Fsp3) is 0.417. The number of aryl methyl sites for hydroxylation is 1. The van der Waals surface area contributed by atoms with E-state index in [0.717, 1.165) is 10.0 Å². The van der Waals surface area contributed by atoms with Crippen LogP contribution in [0.25, 0.3) is 0 Å². The predicted octanol–water partition coefficient (Wildman–Crippen LogP) is 3.64. The molecule has 1 rings (SSSR count). The highest BCUT2D eigenvalue weighted by Crippen LogP contribution is 2.18. The van der Waals surface area contributed by atoms with E-state index in [0.29, 0.717) is 0 Å². The molecule has 0 radical (unpaired) electrons. The molecule has 0 spiro atoms. The van der Waals surface area contributed by atoms with Crippen LogP contribution >= 0.6 is 15.9 Å². The molecule has 4 heteroatoms. The van der Waals surface area contributed by atoms with E-state index in [9.17, 15) is 4.21 Å². The van der Waals surface area contributed by atoms with Gasteiger partial charge in [0.2, 0.25) is 0 Å². The van der Waals surface area contributed by atoms with Crippen LogP contribution < -0.4 is 0 Å². The van der Waals surface area contributed by atoms with Gasteiger partial charge < -0.3 is 0 Å². The quantitative estimate of drug-likeness (QED) is 0.767. The van der Waals surface area contributed by atoms with Gasteiger partial charge in [0.05, 0.1) is 4.75 Å². The Balaban J connectivity index is 2.89. The Bertz CT molecular complexity index is 435. The molecular formula is C12H16BrNOS. The maximum absolute atomic E-state index is 11.7. The van der Waals surface area contributed by atoms with Crippen molar-refractivity contribution in [1.29, 1.82) is 0 Å². The van der Waals surface area contributed by atoms with Crippen molar-refractivity contribution in [2.24, 2.45) is 4.40 Å². The van der Waals surface area contributed by atoms with E-state index in [1.807, 2.05) is 45.9 Å². The average molecular weight is 302 g/mol. The standard InChI is InChI=1S/C12H16BrNOS/c1-9-5-6-10(11(13)7-9)8-14-16(15)12(2,3)4/h5-8H,1-4H3. The molecule has 0 aliphatic rings. The summed E-state index contributed by atoms with van der Waals surface area (Å²) in [6.07, 6.45) is 1.66. The van der Waals surface area contributed by atoms with Crippen LogP contribution in [0.3, 0.4) is 0 Å². The van der Waals surface area contributed by atoms with Gasteiger partial charge in [0.15, 0.2) is 0 Å². The Morgan fingerprint density at radius 3 is 2.50 bits per heavy atom. The number of nitrogens with zero attached hydrogens (tertiary/aromatic N) is 1. The van der Waals surface area contributed by atoms with Crippen molar-refractivity contribution < 1.29 is 4.21 Å². The lowest BCUT2D eigenvalue weighted by Gasteiger charge is -2.12. The first-order valence-corrected chi connectivity index (χ1v) is 6.93. The number of benzene rings is 1. The highest BCUT2D eigenvalue weighted by molar-refractivity contribution is 9.10. The van der Waals surface area contributed by atoms with Gasteiger partial charge in [-0.2, -0.15) is 4.40 Å². The molecule has 16 heavy (non-hydrogen) atoms. The summed E-state index contributed by atoms with van der Waals surface area (Å²) in [5, 5.41) is 0. The van der Waals surface area contributed by atoms with E-state index in [2.05, 4.69) is 20.3 Å². The van der Waals surface area contributed by atoms with Gasteiger partial charge in [-0.3, -0.25) is 0 Å². The summed E-state index contributed by atoms with van der Waals surface area (Å²) >= 11 is 3.46. The molecule has 2 nitrogen and oxygen atoms in total. The first-order chi connectivity index (χ1) is 7.30. The minimum atomic E-state index is -1.20. The second-order valence-electron chi connectivity index (χ2n) is 4.62. The highest BCUT2D eigenvalue weighted by atomic mass is 79.9. The monoisotopic (exact) mass is 301 g/mol. The normalized spacial score (nSPS) is 14.3. The maximum Gasteiger partial charge on any atom is 0.144 e. The van der Waals surface area contributed by atoms with Gasteiger partial charge in [-0.25, -0.2) is 4.21 Å². The molecule has 0 fully saturated rings. The van der Waals surface area contributed by atoms with Gasteiger partial charge in [0, 0.05) is 16.3 Å². The Hall–Kier alpha value is -0.480. The SMILES string of the molecule is Cc1ccc(C=NS(=O)C(C)(C)C)c(Br)c1. The van der Waals surface area contributed by atoms with E-state index in [1.165, 1.54) is 5.56 Å². The smallest absolute Gasteiger partial charge is 0.144 e.